The molecule has 0 aliphatic rings. The van der Waals surface area contributed by atoms with Gasteiger partial charge in [0.2, 0.25) is 0 Å². The van der Waals surface area contributed by atoms with Gasteiger partial charge in [0.15, 0.2) is 0 Å². The van der Waals surface area contributed by atoms with Crippen LogP contribution in [0.3, 0.4) is 0 Å². The molecule has 0 fully saturated rings. The number of nitrogens with two attached hydrogens (primary N) is 1. The number of fused-ring (bicyclic) bond motifs is 1. The van der Waals surface area contributed by atoms with E-state index in [-0.39, 0.29) is 22.5 Å². The molecule has 130 valence electrons. The third-order valence-electron chi connectivity index (χ3n) is 3.66. The summed E-state index contributed by atoms with van der Waals surface area (Å²) < 4.78 is 38.6. The highest BCUT2D eigenvalue weighted by Crippen LogP contribution is 2.32. The van der Waals surface area contributed by atoms with Gasteiger partial charge in [-0.1, -0.05) is 6.07 Å². The highest BCUT2D eigenvalue weighted by Gasteiger charge is 2.30. The van der Waals surface area contributed by atoms with Crippen LogP contribution in [0.1, 0.15) is 11.3 Å². The van der Waals surface area contributed by atoms with Crippen LogP contribution in [0.4, 0.5) is 24.7 Å². The fourth-order valence-electron chi connectivity index (χ4n) is 2.55. The largest absolute Gasteiger partial charge is 0.416 e. The van der Waals surface area contributed by atoms with Crippen LogP contribution >= 0.6 is 0 Å². The molecule has 4 N–H and O–H groups in total. The second-order valence-corrected chi connectivity index (χ2v) is 5.48. The first-order valence-electron chi connectivity index (χ1n) is 7.54. The van der Waals surface area contributed by atoms with Crippen molar-refractivity contribution in [3.05, 3.63) is 64.2 Å². The van der Waals surface area contributed by atoms with Crippen molar-refractivity contribution in [2.45, 2.75) is 12.6 Å². The fraction of sp³-hybridized carbons (Fsp3) is 0.176. The molecular formula is C17H15F3N4O. The SMILES string of the molecule is NCCc1cc2cc[nH]c(=O)c2c(Nc2cccc(C(F)(F)F)c2)n1. The second kappa shape index (κ2) is 6.56. The lowest BCUT2D eigenvalue weighted by Gasteiger charge is -2.13. The summed E-state index contributed by atoms with van der Waals surface area (Å²) in [5.74, 6) is 0.196. The van der Waals surface area contributed by atoms with Crippen LogP contribution in [0.2, 0.25) is 0 Å². The van der Waals surface area contributed by atoms with Gasteiger partial charge in [0, 0.05) is 24.0 Å². The van der Waals surface area contributed by atoms with E-state index < -0.39 is 11.7 Å². The smallest absolute Gasteiger partial charge is 0.340 e. The Kier molecular flexibility index (Phi) is 4.45. The molecule has 0 aliphatic carbocycles. The zero-order valence-corrected chi connectivity index (χ0v) is 13.0. The maximum atomic E-state index is 12.9. The van der Waals surface area contributed by atoms with Crippen LogP contribution in [0.5, 0.6) is 0 Å². The van der Waals surface area contributed by atoms with Crippen molar-refractivity contribution >= 4 is 22.3 Å². The number of benzene rings is 1. The lowest BCUT2D eigenvalue weighted by Crippen LogP contribution is -2.12. The van der Waals surface area contributed by atoms with Gasteiger partial charge in [0.25, 0.3) is 5.56 Å². The zero-order valence-electron chi connectivity index (χ0n) is 13.0. The molecule has 3 rings (SSSR count). The number of alkyl halides is 3. The third kappa shape index (κ3) is 3.63. The van der Waals surface area contributed by atoms with Gasteiger partial charge in [-0.3, -0.25) is 4.79 Å². The summed E-state index contributed by atoms with van der Waals surface area (Å²) in [6.45, 7) is 0.366. The Morgan fingerprint density at radius 2 is 2.00 bits per heavy atom. The predicted molar refractivity (Wildman–Crippen MR) is 89.8 cm³/mol. The summed E-state index contributed by atoms with van der Waals surface area (Å²) in [4.78, 5) is 19.0. The van der Waals surface area contributed by atoms with E-state index in [4.69, 9.17) is 5.73 Å². The molecule has 1 aromatic carbocycles. The Balaban J connectivity index is 2.10. The molecule has 8 heteroatoms. The van der Waals surface area contributed by atoms with E-state index in [0.29, 0.717) is 24.0 Å². The van der Waals surface area contributed by atoms with Crippen molar-refractivity contribution < 1.29 is 13.2 Å². The molecule has 2 heterocycles. The molecule has 3 aromatic rings. The topological polar surface area (TPSA) is 83.8 Å². The molecule has 0 saturated carbocycles. The van der Waals surface area contributed by atoms with Gasteiger partial charge in [-0.2, -0.15) is 13.2 Å². The first kappa shape index (κ1) is 17.0. The van der Waals surface area contributed by atoms with Crippen LogP contribution in [-0.2, 0) is 12.6 Å². The van der Waals surface area contributed by atoms with E-state index in [1.807, 2.05) is 0 Å². The summed E-state index contributed by atoms with van der Waals surface area (Å²) in [7, 11) is 0. The molecular weight excluding hydrogens is 333 g/mol. The number of hydrogen-bond acceptors (Lipinski definition) is 4. The fourth-order valence-corrected chi connectivity index (χ4v) is 2.55. The van der Waals surface area contributed by atoms with E-state index in [1.165, 1.54) is 18.3 Å². The number of nitrogens with one attached hydrogen (secondary N) is 2. The number of anilines is 2. The van der Waals surface area contributed by atoms with E-state index in [1.54, 1.807) is 12.1 Å². The van der Waals surface area contributed by atoms with Crippen LogP contribution < -0.4 is 16.6 Å². The molecule has 0 amide bonds. The maximum absolute atomic E-state index is 12.9. The van der Waals surface area contributed by atoms with Gasteiger partial charge in [-0.15, -0.1) is 0 Å². The van der Waals surface area contributed by atoms with Crippen LogP contribution in [0, 0.1) is 0 Å². The van der Waals surface area contributed by atoms with Gasteiger partial charge in [0.05, 0.1) is 10.9 Å². The monoisotopic (exact) mass is 348 g/mol. The summed E-state index contributed by atoms with van der Waals surface area (Å²) in [5.41, 5.74) is 5.23. The Labute approximate surface area is 140 Å². The van der Waals surface area contributed by atoms with E-state index in [0.717, 1.165) is 12.1 Å². The van der Waals surface area contributed by atoms with E-state index in [2.05, 4.69) is 15.3 Å². The predicted octanol–water partition coefficient (Wildman–Crippen LogP) is 3.19. The van der Waals surface area contributed by atoms with Crippen LogP contribution in [0.15, 0.2) is 47.4 Å². The van der Waals surface area contributed by atoms with Crippen molar-refractivity contribution in [1.29, 1.82) is 0 Å². The maximum Gasteiger partial charge on any atom is 0.416 e. The quantitative estimate of drug-likeness (QED) is 0.676. The number of aromatic amines is 1. The van der Waals surface area contributed by atoms with E-state index >= 15 is 0 Å². The minimum atomic E-state index is -4.45. The molecule has 25 heavy (non-hydrogen) atoms. The number of nitrogens with zero attached hydrogens (tertiary/aromatic N) is 1. The molecule has 0 radical (unpaired) electrons. The van der Waals surface area contributed by atoms with Crippen LogP contribution in [-0.4, -0.2) is 16.5 Å². The summed E-state index contributed by atoms with van der Waals surface area (Å²) in [5, 5.41) is 3.74. The van der Waals surface area contributed by atoms with Gasteiger partial charge in [-0.25, -0.2) is 4.98 Å². The molecule has 0 aliphatic heterocycles. The number of rotatable bonds is 4. The Hall–Kier alpha value is -2.87. The van der Waals surface area contributed by atoms with Gasteiger partial charge < -0.3 is 16.0 Å². The zero-order chi connectivity index (χ0) is 18.0. The number of halogens is 3. The van der Waals surface area contributed by atoms with Crippen molar-refractivity contribution in [3.8, 4) is 0 Å². The molecule has 0 atom stereocenters. The highest BCUT2D eigenvalue weighted by molar-refractivity contribution is 5.92. The number of pyridine rings is 2. The Morgan fingerprint density at radius 3 is 2.72 bits per heavy atom. The molecule has 5 nitrogen and oxygen atoms in total. The summed E-state index contributed by atoms with van der Waals surface area (Å²) in [6.07, 6.45) is -2.46. The standard InChI is InChI=1S/C17H15F3N4O/c18-17(19,20)11-2-1-3-12(9-11)23-15-14-10(5-7-22-16(14)25)8-13(24-15)4-6-21/h1-3,5,7-9H,4,6,21H2,(H,22,25)(H,23,24). The van der Waals surface area contributed by atoms with Gasteiger partial charge >= 0.3 is 6.18 Å². The Bertz CT molecular complexity index is 966. The molecule has 2 aromatic heterocycles. The average molecular weight is 348 g/mol. The summed E-state index contributed by atoms with van der Waals surface area (Å²) >= 11 is 0. The minimum absolute atomic E-state index is 0.191. The average Bonchev–Trinajstić information content (AvgIpc) is 2.54. The van der Waals surface area contributed by atoms with E-state index in [9.17, 15) is 18.0 Å². The molecule has 0 bridgehead atoms. The van der Waals surface area contributed by atoms with Crippen molar-refractivity contribution in [3.63, 3.8) is 0 Å². The molecule has 0 unspecified atom stereocenters. The lowest BCUT2D eigenvalue weighted by molar-refractivity contribution is -0.137. The van der Waals surface area contributed by atoms with Crippen LogP contribution in [0.25, 0.3) is 10.8 Å². The van der Waals surface area contributed by atoms with Gasteiger partial charge in [0.1, 0.15) is 5.82 Å². The number of hydrogen-bond donors (Lipinski definition) is 3. The third-order valence-corrected chi connectivity index (χ3v) is 3.66. The minimum Gasteiger partial charge on any atom is -0.340 e. The first-order valence-corrected chi connectivity index (χ1v) is 7.54. The first-order chi connectivity index (χ1) is 11.9. The Morgan fingerprint density at radius 1 is 1.20 bits per heavy atom. The molecule has 0 saturated heterocycles. The number of H-pyrrole nitrogens is 1. The van der Waals surface area contributed by atoms with Crippen molar-refractivity contribution in [2.24, 2.45) is 5.73 Å². The molecule has 0 spiro atoms. The van der Waals surface area contributed by atoms with Gasteiger partial charge in [-0.05, 0) is 42.3 Å². The summed E-state index contributed by atoms with van der Waals surface area (Å²) in [6, 6.07) is 8.18. The number of aromatic nitrogens is 2. The highest BCUT2D eigenvalue weighted by atomic mass is 19.4. The van der Waals surface area contributed by atoms with Crippen molar-refractivity contribution in [1.82, 2.24) is 9.97 Å². The van der Waals surface area contributed by atoms with Crippen molar-refractivity contribution in [2.75, 3.05) is 11.9 Å². The normalized spacial score (nSPS) is 11.7. The lowest BCUT2D eigenvalue weighted by atomic mass is 10.1. The second-order valence-electron chi connectivity index (χ2n) is 5.48.